The third-order valence-corrected chi connectivity index (χ3v) is 11.0. The Hall–Kier alpha value is -6.85. The molecule has 0 aliphatic heterocycles. The Bertz CT molecular complexity index is 3020. The van der Waals surface area contributed by atoms with Crippen molar-refractivity contribution in [3.63, 3.8) is 0 Å². The summed E-state index contributed by atoms with van der Waals surface area (Å²) in [7, 11) is 0. The van der Waals surface area contributed by atoms with Crippen molar-refractivity contribution in [1.29, 1.82) is 0 Å². The van der Waals surface area contributed by atoms with Gasteiger partial charge >= 0.3 is 0 Å². The van der Waals surface area contributed by atoms with Crippen LogP contribution >= 0.6 is 0 Å². The predicted octanol–water partition coefficient (Wildman–Crippen LogP) is 12.2. The first-order valence-corrected chi connectivity index (χ1v) is 18.0. The highest BCUT2D eigenvalue weighted by Crippen LogP contribution is 2.51. The molecule has 0 saturated heterocycles. The van der Waals surface area contributed by atoms with Crippen LogP contribution in [-0.4, -0.2) is 19.5 Å². The van der Waals surface area contributed by atoms with E-state index in [1.54, 1.807) is 0 Å². The van der Waals surface area contributed by atoms with Crippen molar-refractivity contribution in [3.8, 4) is 51.0 Å². The second-order valence-electron chi connectivity index (χ2n) is 14.4. The Balaban J connectivity index is 1.23. The minimum Gasteiger partial charge on any atom is -0.456 e. The Morgan fingerprint density at radius 2 is 1.08 bits per heavy atom. The van der Waals surface area contributed by atoms with Crippen LogP contribution in [0.4, 0.5) is 0 Å². The predicted molar refractivity (Wildman–Crippen MR) is 215 cm³/mol. The topological polar surface area (TPSA) is 56.7 Å². The van der Waals surface area contributed by atoms with Gasteiger partial charge in [-0.15, -0.1) is 0 Å². The number of hydrogen-bond acceptors (Lipinski definition) is 4. The van der Waals surface area contributed by atoms with E-state index in [1.165, 1.54) is 33.0 Å². The van der Waals surface area contributed by atoms with Gasteiger partial charge in [-0.2, -0.15) is 0 Å². The van der Waals surface area contributed by atoms with Crippen LogP contribution < -0.4 is 0 Å². The third kappa shape index (κ3) is 4.40. The molecule has 10 aromatic rings. The molecule has 7 aromatic carbocycles. The monoisotopic (exact) mass is 680 g/mol. The summed E-state index contributed by atoms with van der Waals surface area (Å²) in [5.74, 6) is 1.83. The second-order valence-corrected chi connectivity index (χ2v) is 14.4. The summed E-state index contributed by atoms with van der Waals surface area (Å²) in [6, 6.07) is 55.2. The van der Waals surface area contributed by atoms with Gasteiger partial charge in [0, 0.05) is 49.7 Å². The maximum Gasteiger partial charge on any atom is 0.164 e. The number of nitrogens with zero attached hydrogens (tertiary/aromatic N) is 4. The zero-order valence-electron chi connectivity index (χ0n) is 29.2. The average molecular weight is 681 g/mol. The molecule has 11 rings (SSSR count). The number of hydrogen-bond donors (Lipinski definition) is 0. The fourth-order valence-electron chi connectivity index (χ4n) is 8.52. The van der Waals surface area contributed by atoms with Crippen molar-refractivity contribution >= 4 is 43.7 Å². The number of furan rings is 1. The first kappa shape index (κ1) is 29.8. The highest BCUT2D eigenvalue weighted by atomic mass is 16.3. The summed E-state index contributed by atoms with van der Waals surface area (Å²) in [6.45, 7) is 4.68. The Morgan fingerprint density at radius 3 is 1.83 bits per heavy atom. The molecule has 0 atom stereocenters. The van der Waals surface area contributed by atoms with Gasteiger partial charge in [-0.25, -0.2) is 15.0 Å². The molecule has 0 fully saturated rings. The summed E-state index contributed by atoms with van der Waals surface area (Å²) in [4.78, 5) is 15.4. The van der Waals surface area contributed by atoms with Crippen molar-refractivity contribution in [3.05, 3.63) is 169 Å². The van der Waals surface area contributed by atoms with E-state index < -0.39 is 0 Å². The SMILES string of the molecule is CC1(C)c2ccccc2-c2cc3c4ccccc4n(-c4cc(-c5nc(-c6ccccc6)nc(-c6ccccc6)n5)c5c(c4)oc4ccccc45)c3cc21. The van der Waals surface area contributed by atoms with E-state index in [9.17, 15) is 0 Å². The van der Waals surface area contributed by atoms with E-state index in [1.807, 2.05) is 72.8 Å². The highest BCUT2D eigenvalue weighted by molar-refractivity contribution is 6.15. The fourth-order valence-corrected chi connectivity index (χ4v) is 8.52. The van der Waals surface area contributed by atoms with Crippen molar-refractivity contribution in [1.82, 2.24) is 19.5 Å². The molecule has 0 unspecified atom stereocenters. The number of aromatic nitrogens is 4. The fraction of sp³-hybridized carbons (Fsp3) is 0.0625. The lowest BCUT2D eigenvalue weighted by molar-refractivity contribution is 0.661. The number of para-hydroxylation sites is 2. The summed E-state index contributed by atoms with van der Waals surface area (Å²) in [5.41, 5.74) is 12.8. The molecule has 0 bridgehead atoms. The quantitative estimate of drug-likeness (QED) is 0.186. The van der Waals surface area contributed by atoms with Gasteiger partial charge in [0.2, 0.25) is 0 Å². The van der Waals surface area contributed by atoms with Gasteiger partial charge in [-0.05, 0) is 52.6 Å². The molecule has 0 radical (unpaired) electrons. The van der Waals surface area contributed by atoms with Crippen molar-refractivity contribution < 1.29 is 4.42 Å². The standard InChI is InChI=1S/C48H32N4O/c1-48(2)38-22-12-9-19-32(38)35-27-36-33-20-10-13-23-40(33)52(41(36)28-39(35)48)31-25-37(44-34-21-11-14-24-42(34)53-43(44)26-31)47-50-45(29-15-5-3-6-16-29)49-46(51-47)30-17-7-4-8-18-30/h3-28H,1-2H3. The van der Waals surface area contributed by atoms with Crippen LogP contribution in [-0.2, 0) is 5.41 Å². The van der Waals surface area contributed by atoms with Crippen LogP contribution in [0.2, 0.25) is 0 Å². The lowest BCUT2D eigenvalue weighted by Gasteiger charge is -2.21. The first-order valence-electron chi connectivity index (χ1n) is 18.0. The molecule has 0 spiro atoms. The van der Waals surface area contributed by atoms with Crippen LogP contribution in [0.5, 0.6) is 0 Å². The van der Waals surface area contributed by atoms with Gasteiger partial charge in [0.1, 0.15) is 11.2 Å². The average Bonchev–Trinajstić information content (AvgIpc) is 3.82. The summed E-state index contributed by atoms with van der Waals surface area (Å²) in [6.07, 6.45) is 0. The molecule has 0 saturated carbocycles. The van der Waals surface area contributed by atoms with Crippen molar-refractivity contribution in [2.45, 2.75) is 19.3 Å². The number of benzene rings is 7. The molecule has 5 nitrogen and oxygen atoms in total. The minimum absolute atomic E-state index is 0.137. The number of rotatable bonds is 4. The van der Waals surface area contributed by atoms with E-state index in [2.05, 4.69) is 103 Å². The molecule has 53 heavy (non-hydrogen) atoms. The number of fused-ring (bicyclic) bond motifs is 9. The molecule has 1 aliphatic carbocycles. The normalized spacial score (nSPS) is 13.2. The van der Waals surface area contributed by atoms with E-state index in [0.717, 1.165) is 55.3 Å². The first-order chi connectivity index (χ1) is 26.0. The second kappa shape index (κ2) is 11.1. The van der Waals surface area contributed by atoms with Gasteiger partial charge in [-0.1, -0.05) is 135 Å². The lowest BCUT2D eigenvalue weighted by Crippen LogP contribution is -2.15. The molecule has 0 amide bonds. The van der Waals surface area contributed by atoms with Crippen molar-refractivity contribution in [2.75, 3.05) is 0 Å². The van der Waals surface area contributed by atoms with Gasteiger partial charge in [0.25, 0.3) is 0 Å². The lowest BCUT2D eigenvalue weighted by atomic mass is 9.82. The van der Waals surface area contributed by atoms with Gasteiger partial charge in [0.15, 0.2) is 17.5 Å². The summed E-state index contributed by atoms with van der Waals surface area (Å²) >= 11 is 0. The van der Waals surface area contributed by atoms with Crippen LogP contribution in [0.1, 0.15) is 25.0 Å². The van der Waals surface area contributed by atoms with Gasteiger partial charge in [-0.3, -0.25) is 0 Å². The van der Waals surface area contributed by atoms with Crippen LogP contribution in [0.15, 0.2) is 162 Å². The van der Waals surface area contributed by atoms with E-state index in [4.69, 9.17) is 19.4 Å². The zero-order chi connectivity index (χ0) is 35.3. The summed E-state index contributed by atoms with van der Waals surface area (Å²) < 4.78 is 9.06. The molecule has 250 valence electrons. The van der Waals surface area contributed by atoms with E-state index >= 15 is 0 Å². The Kier molecular flexibility index (Phi) is 6.23. The van der Waals surface area contributed by atoms with E-state index in [-0.39, 0.29) is 5.41 Å². The molecular formula is C48H32N4O. The smallest absolute Gasteiger partial charge is 0.164 e. The molecule has 1 aliphatic rings. The largest absolute Gasteiger partial charge is 0.456 e. The zero-order valence-corrected chi connectivity index (χ0v) is 29.2. The van der Waals surface area contributed by atoms with Crippen LogP contribution in [0.25, 0.3) is 94.7 Å². The Morgan fingerprint density at radius 1 is 0.453 bits per heavy atom. The minimum atomic E-state index is -0.137. The summed E-state index contributed by atoms with van der Waals surface area (Å²) in [5, 5.41) is 4.42. The van der Waals surface area contributed by atoms with Crippen LogP contribution in [0, 0.1) is 0 Å². The molecule has 3 heterocycles. The highest BCUT2D eigenvalue weighted by Gasteiger charge is 2.36. The molecule has 5 heteroatoms. The van der Waals surface area contributed by atoms with E-state index in [0.29, 0.717) is 17.5 Å². The van der Waals surface area contributed by atoms with Crippen molar-refractivity contribution in [2.24, 2.45) is 0 Å². The molecule has 3 aromatic heterocycles. The van der Waals surface area contributed by atoms with Crippen LogP contribution in [0.3, 0.4) is 0 Å². The van der Waals surface area contributed by atoms with Gasteiger partial charge in [0.05, 0.1) is 16.7 Å². The Labute approximate surface area is 305 Å². The molecular weight excluding hydrogens is 649 g/mol. The third-order valence-electron chi connectivity index (χ3n) is 11.0. The maximum absolute atomic E-state index is 6.67. The van der Waals surface area contributed by atoms with Gasteiger partial charge < -0.3 is 8.98 Å². The molecule has 0 N–H and O–H groups in total. The maximum atomic E-state index is 6.67.